The highest BCUT2D eigenvalue weighted by Gasteiger charge is 2.20. The smallest absolute Gasteiger partial charge is 0.307 e. The zero-order valence-corrected chi connectivity index (χ0v) is 12.7. The molecule has 23 heavy (non-hydrogen) atoms. The Kier molecular flexibility index (Phi) is 5.22. The van der Waals surface area contributed by atoms with Gasteiger partial charge in [-0.15, -0.1) is 11.8 Å². The number of anilines is 1. The molecular formula is C14H11F2N3O3S. The number of amides is 1. The van der Waals surface area contributed by atoms with Gasteiger partial charge in [-0.3, -0.25) is 14.9 Å². The molecule has 0 radical (unpaired) electrons. The second-order valence-corrected chi connectivity index (χ2v) is 5.60. The van der Waals surface area contributed by atoms with Gasteiger partial charge in [-0.05, 0) is 17.9 Å². The lowest BCUT2D eigenvalue weighted by Crippen LogP contribution is -2.14. The Balaban J connectivity index is 2.22. The summed E-state index contributed by atoms with van der Waals surface area (Å²) in [4.78, 5) is 25.7. The van der Waals surface area contributed by atoms with Gasteiger partial charge in [-0.2, -0.15) is 4.39 Å². The quantitative estimate of drug-likeness (QED) is 0.511. The third-order valence-electron chi connectivity index (χ3n) is 2.77. The summed E-state index contributed by atoms with van der Waals surface area (Å²) >= 11 is 1.49. The predicted octanol–water partition coefficient (Wildman–Crippen LogP) is 3.63. The molecule has 2 aromatic rings. The first-order valence-corrected chi connectivity index (χ1v) is 7.44. The molecule has 1 heterocycles. The van der Waals surface area contributed by atoms with E-state index in [-0.39, 0.29) is 5.56 Å². The van der Waals surface area contributed by atoms with Crippen LogP contribution in [0.5, 0.6) is 0 Å². The normalized spacial score (nSPS) is 10.4. The molecule has 0 aliphatic rings. The molecule has 0 unspecified atom stereocenters. The second-order valence-electron chi connectivity index (χ2n) is 4.31. The standard InChI is InChI=1S/C14H11F2N3O3S/c1-2-23-13-4-3-8(7-17-13)14(20)18-11-6-12(19(21)22)10(16)5-9(11)15/h3-7H,2H2,1H3,(H,18,20). The summed E-state index contributed by atoms with van der Waals surface area (Å²) in [6.07, 6.45) is 1.31. The van der Waals surface area contributed by atoms with Gasteiger partial charge in [0.15, 0.2) is 0 Å². The lowest BCUT2D eigenvalue weighted by Gasteiger charge is -2.07. The van der Waals surface area contributed by atoms with Gasteiger partial charge in [0.25, 0.3) is 5.91 Å². The second kappa shape index (κ2) is 7.14. The summed E-state index contributed by atoms with van der Waals surface area (Å²) < 4.78 is 26.9. The summed E-state index contributed by atoms with van der Waals surface area (Å²) in [6, 6.07) is 4.12. The van der Waals surface area contributed by atoms with Crippen LogP contribution in [0.1, 0.15) is 17.3 Å². The van der Waals surface area contributed by atoms with E-state index in [9.17, 15) is 23.7 Å². The van der Waals surface area contributed by atoms with Crippen molar-refractivity contribution in [2.75, 3.05) is 11.1 Å². The van der Waals surface area contributed by atoms with Crippen LogP contribution in [0.4, 0.5) is 20.2 Å². The molecule has 0 bridgehead atoms. The molecule has 1 N–H and O–H groups in total. The van der Waals surface area contributed by atoms with Gasteiger partial charge in [-0.1, -0.05) is 6.92 Å². The van der Waals surface area contributed by atoms with Crippen molar-refractivity contribution in [3.8, 4) is 0 Å². The molecule has 9 heteroatoms. The molecule has 0 saturated carbocycles. The van der Waals surface area contributed by atoms with Crippen LogP contribution in [0.2, 0.25) is 0 Å². The maximum Gasteiger partial charge on any atom is 0.307 e. The number of nitrogens with one attached hydrogen (secondary N) is 1. The zero-order chi connectivity index (χ0) is 17.0. The fourth-order valence-electron chi connectivity index (χ4n) is 1.72. The molecule has 1 amide bonds. The number of benzene rings is 1. The van der Waals surface area contributed by atoms with Crippen LogP contribution in [0, 0.1) is 21.7 Å². The van der Waals surface area contributed by atoms with E-state index in [1.54, 1.807) is 6.07 Å². The summed E-state index contributed by atoms with van der Waals surface area (Å²) in [5.74, 6) is -2.30. The largest absolute Gasteiger partial charge is 0.319 e. The van der Waals surface area contributed by atoms with E-state index < -0.39 is 33.8 Å². The fraction of sp³-hybridized carbons (Fsp3) is 0.143. The van der Waals surface area contributed by atoms with Gasteiger partial charge in [0, 0.05) is 18.3 Å². The molecule has 1 aromatic carbocycles. The summed E-state index contributed by atoms with van der Waals surface area (Å²) in [5.41, 5.74) is -1.25. The van der Waals surface area contributed by atoms with Crippen molar-refractivity contribution < 1.29 is 18.5 Å². The Morgan fingerprint density at radius 2 is 2.09 bits per heavy atom. The molecule has 0 aliphatic carbocycles. The van der Waals surface area contributed by atoms with Gasteiger partial charge >= 0.3 is 5.69 Å². The van der Waals surface area contributed by atoms with Gasteiger partial charge in [0.1, 0.15) is 5.82 Å². The summed E-state index contributed by atoms with van der Waals surface area (Å²) in [5, 5.41) is 13.6. The van der Waals surface area contributed by atoms with E-state index in [4.69, 9.17) is 0 Å². The van der Waals surface area contributed by atoms with E-state index in [0.29, 0.717) is 12.1 Å². The fourth-order valence-corrected chi connectivity index (χ4v) is 2.30. The monoisotopic (exact) mass is 339 g/mol. The van der Waals surface area contributed by atoms with Crippen LogP contribution in [0.15, 0.2) is 35.5 Å². The number of carbonyl (C=O) groups is 1. The van der Waals surface area contributed by atoms with Crippen LogP contribution in [0.25, 0.3) is 0 Å². The Morgan fingerprint density at radius 3 is 2.65 bits per heavy atom. The maximum atomic E-state index is 13.6. The molecule has 6 nitrogen and oxygen atoms in total. The number of hydrogen-bond donors (Lipinski definition) is 1. The summed E-state index contributed by atoms with van der Waals surface area (Å²) in [7, 11) is 0. The van der Waals surface area contributed by atoms with Crippen molar-refractivity contribution in [1.29, 1.82) is 0 Å². The van der Waals surface area contributed by atoms with E-state index >= 15 is 0 Å². The first kappa shape index (κ1) is 16.8. The van der Waals surface area contributed by atoms with Gasteiger partial charge < -0.3 is 5.32 Å². The van der Waals surface area contributed by atoms with Crippen LogP contribution >= 0.6 is 11.8 Å². The van der Waals surface area contributed by atoms with Crippen molar-refractivity contribution in [2.24, 2.45) is 0 Å². The van der Waals surface area contributed by atoms with E-state index in [1.165, 1.54) is 24.0 Å². The van der Waals surface area contributed by atoms with Crippen LogP contribution in [-0.2, 0) is 0 Å². The number of nitro benzene ring substituents is 1. The molecule has 0 aliphatic heterocycles. The average molecular weight is 339 g/mol. The lowest BCUT2D eigenvalue weighted by molar-refractivity contribution is -0.387. The number of hydrogen-bond acceptors (Lipinski definition) is 5. The molecule has 0 saturated heterocycles. The van der Waals surface area contributed by atoms with E-state index in [1.807, 2.05) is 6.92 Å². The number of nitro groups is 1. The lowest BCUT2D eigenvalue weighted by atomic mass is 10.2. The minimum Gasteiger partial charge on any atom is -0.319 e. The number of thioether (sulfide) groups is 1. The molecule has 0 atom stereocenters. The number of pyridine rings is 1. The summed E-state index contributed by atoms with van der Waals surface area (Å²) in [6.45, 7) is 1.96. The molecule has 120 valence electrons. The first-order chi connectivity index (χ1) is 10.9. The minimum atomic E-state index is -1.31. The van der Waals surface area contributed by atoms with Gasteiger partial charge in [0.05, 0.1) is 21.2 Å². The Morgan fingerprint density at radius 1 is 1.35 bits per heavy atom. The Hall–Kier alpha value is -2.55. The molecule has 0 fully saturated rings. The number of halogens is 2. The highest BCUT2D eigenvalue weighted by Crippen LogP contribution is 2.25. The Labute approximate surface area is 134 Å². The third kappa shape index (κ3) is 4.01. The van der Waals surface area contributed by atoms with Crippen LogP contribution in [0.3, 0.4) is 0 Å². The van der Waals surface area contributed by atoms with Crippen molar-refractivity contribution >= 4 is 29.0 Å². The highest BCUT2D eigenvalue weighted by molar-refractivity contribution is 7.99. The molecule has 0 spiro atoms. The van der Waals surface area contributed by atoms with Crippen molar-refractivity contribution in [1.82, 2.24) is 4.98 Å². The SMILES string of the molecule is CCSc1ccc(C(=O)Nc2cc([N+](=O)[O-])c(F)cc2F)cn1. The van der Waals surface area contributed by atoms with Crippen molar-refractivity contribution in [3.63, 3.8) is 0 Å². The van der Waals surface area contributed by atoms with Crippen LogP contribution in [-0.4, -0.2) is 21.6 Å². The average Bonchev–Trinajstić information content (AvgIpc) is 2.50. The molecule has 2 rings (SSSR count). The first-order valence-electron chi connectivity index (χ1n) is 6.46. The van der Waals surface area contributed by atoms with Crippen LogP contribution < -0.4 is 5.32 Å². The molecule has 1 aromatic heterocycles. The number of aromatic nitrogens is 1. The van der Waals surface area contributed by atoms with Crippen molar-refractivity contribution in [3.05, 3.63) is 57.8 Å². The van der Waals surface area contributed by atoms with E-state index in [0.717, 1.165) is 10.8 Å². The topological polar surface area (TPSA) is 85.1 Å². The molecular weight excluding hydrogens is 328 g/mol. The predicted molar refractivity (Wildman–Crippen MR) is 81.6 cm³/mol. The van der Waals surface area contributed by atoms with Gasteiger partial charge in [0.2, 0.25) is 5.82 Å². The highest BCUT2D eigenvalue weighted by atomic mass is 32.2. The third-order valence-corrected chi connectivity index (χ3v) is 3.60. The maximum absolute atomic E-state index is 13.6. The number of carbonyl (C=O) groups excluding carboxylic acids is 1. The zero-order valence-electron chi connectivity index (χ0n) is 11.9. The van der Waals surface area contributed by atoms with Crippen molar-refractivity contribution in [2.45, 2.75) is 11.9 Å². The van der Waals surface area contributed by atoms with E-state index in [2.05, 4.69) is 10.3 Å². The number of rotatable bonds is 5. The number of nitrogens with zero attached hydrogens (tertiary/aromatic N) is 2. The van der Waals surface area contributed by atoms with Gasteiger partial charge in [-0.25, -0.2) is 9.37 Å². The Bertz CT molecular complexity index is 754. The minimum absolute atomic E-state index is 0.150.